The zero-order valence-corrected chi connectivity index (χ0v) is 34.6. The second-order valence-electron chi connectivity index (χ2n) is 16.6. The van der Waals surface area contributed by atoms with E-state index in [1.54, 1.807) is 0 Å². The van der Waals surface area contributed by atoms with Crippen molar-refractivity contribution in [2.45, 2.75) is 31.6 Å². The van der Waals surface area contributed by atoms with Crippen molar-refractivity contribution in [3.63, 3.8) is 0 Å². The third kappa shape index (κ3) is 6.20. The molecule has 0 saturated heterocycles. The number of Topliss-reactive ketones (excluding diaryl/α,β-unsaturated/α-hetero) is 1. The lowest BCUT2D eigenvalue weighted by Gasteiger charge is -2.39. The van der Waals surface area contributed by atoms with E-state index in [0.29, 0.717) is 6.42 Å². The van der Waals surface area contributed by atoms with Crippen molar-refractivity contribution in [1.29, 1.82) is 0 Å². The Balaban J connectivity index is 0.000000565. The maximum absolute atomic E-state index is 14.8. The maximum atomic E-state index is 14.8. The number of hydrogen-bond donors (Lipinski definition) is 0. The smallest absolute Gasteiger partial charge is 0.167 e. The first-order valence-corrected chi connectivity index (χ1v) is 21.6. The van der Waals surface area contributed by atoms with Crippen LogP contribution in [-0.2, 0) is 24.7 Å². The molecule has 0 radical (unpaired) electrons. The summed E-state index contributed by atoms with van der Waals surface area (Å²) < 4.78 is 2.40. The van der Waals surface area contributed by atoms with Crippen molar-refractivity contribution < 1.29 is 4.79 Å². The normalized spacial score (nSPS) is 13.5. The van der Waals surface area contributed by atoms with Crippen LogP contribution >= 0.6 is 0 Å². The van der Waals surface area contributed by atoms with Gasteiger partial charge in [-0.1, -0.05) is 188 Å². The number of carbonyl (C=O) groups is 1. The number of carbonyl (C=O) groups excluding carboxylic acids is 1. The number of ketones is 1. The van der Waals surface area contributed by atoms with Crippen LogP contribution in [0.5, 0.6) is 0 Å². The van der Waals surface area contributed by atoms with E-state index < -0.39 is 5.41 Å². The van der Waals surface area contributed by atoms with E-state index in [9.17, 15) is 4.79 Å². The van der Waals surface area contributed by atoms with Gasteiger partial charge < -0.3 is 4.57 Å². The van der Waals surface area contributed by atoms with Gasteiger partial charge in [0.15, 0.2) is 5.78 Å². The standard InChI is InChI=1S/C52H36N2O.C7H8/c55-51-29-38-21-9-13-25-45(38)52(43-23-11-7-15-34(43)27-28-35-16-8-12-24-44(35)52)46-33-50-41(32-42(46)51)40-22-10-14-26-49(40)54(50)39-30-47(36-17-3-1-4-18-36)53-48(31-39)37-19-5-2-6-20-37;1-7-5-3-2-4-6-7/h1-26,30-33H,27-29H2;2-6H,1H3. The molecule has 0 atom stereocenters. The molecule has 0 aliphatic heterocycles. The molecule has 12 rings (SSSR count). The largest absolute Gasteiger partial charge is 0.309 e. The molecule has 3 nitrogen and oxygen atoms in total. The Morgan fingerprint density at radius 2 is 0.935 bits per heavy atom. The molecular formula is C59H44N2O. The zero-order valence-electron chi connectivity index (χ0n) is 34.6. The van der Waals surface area contributed by atoms with Gasteiger partial charge in [-0.3, -0.25) is 4.79 Å². The summed E-state index contributed by atoms with van der Waals surface area (Å²) in [6.45, 7) is 2.08. The summed E-state index contributed by atoms with van der Waals surface area (Å²) in [4.78, 5) is 20.1. The number of pyridine rings is 1. The van der Waals surface area contributed by atoms with Crippen LogP contribution in [0, 0.1) is 6.92 Å². The maximum Gasteiger partial charge on any atom is 0.167 e. The molecule has 0 fully saturated rings. The molecule has 296 valence electrons. The van der Waals surface area contributed by atoms with Gasteiger partial charge in [-0.05, 0) is 89.0 Å². The van der Waals surface area contributed by atoms with Crippen molar-refractivity contribution in [1.82, 2.24) is 9.55 Å². The number of aromatic nitrogens is 2. The van der Waals surface area contributed by atoms with Crippen LogP contribution in [0.1, 0.15) is 54.9 Å². The predicted molar refractivity (Wildman–Crippen MR) is 254 cm³/mol. The van der Waals surface area contributed by atoms with E-state index in [1.807, 2.05) is 30.3 Å². The van der Waals surface area contributed by atoms with Gasteiger partial charge in [0.2, 0.25) is 0 Å². The van der Waals surface area contributed by atoms with Crippen LogP contribution in [0.15, 0.2) is 212 Å². The average molecular weight is 797 g/mol. The van der Waals surface area contributed by atoms with Crippen LogP contribution in [-0.4, -0.2) is 15.3 Å². The number of hydrogen-bond acceptors (Lipinski definition) is 2. The highest BCUT2D eigenvalue weighted by Gasteiger charge is 2.47. The Morgan fingerprint density at radius 3 is 1.50 bits per heavy atom. The fourth-order valence-electron chi connectivity index (χ4n) is 10.2. The lowest BCUT2D eigenvalue weighted by atomic mass is 9.62. The number of para-hydroxylation sites is 1. The highest BCUT2D eigenvalue weighted by molar-refractivity contribution is 6.14. The minimum absolute atomic E-state index is 0.152. The number of benzene rings is 8. The number of fused-ring (bicyclic) bond motifs is 11. The minimum Gasteiger partial charge on any atom is -0.309 e. The predicted octanol–water partition coefficient (Wildman–Crippen LogP) is 13.7. The average Bonchev–Trinajstić information content (AvgIpc) is 3.51. The number of rotatable bonds is 3. The Morgan fingerprint density at radius 1 is 0.452 bits per heavy atom. The van der Waals surface area contributed by atoms with Gasteiger partial charge in [-0.25, -0.2) is 4.98 Å². The molecule has 1 spiro atoms. The monoisotopic (exact) mass is 796 g/mol. The van der Waals surface area contributed by atoms with E-state index in [4.69, 9.17) is 4.98 Å². The van der Waals surface area contributed by atoms with Gasteiger partial charge in [-0.2, -0.15) is 0 Å². The first kappa shape index (κ1) is 37.4. The van der Waals surface area contributed by atoms with Crippen molar-refractivity contribution in [3.8, 4) is 28.2 Å². The fraction of sp³-hybridized carbons (Fsp3) is 0.0847. The van der Waals surface area contributed by atoms with Crippen LogP contribution in [0.25, 0.3) is 50.0 Å². The van der Waals surface area contributed by atoms with Crippen molar-refractivity contribution in [3.05, 3.63) is 262 Å². The summed E-state index contributed by atoms with van der Waals surface area (Å²) >= 11 is 0. The molecule has 2 aromatic heterocycles. The fourth-order valence-corrected chi connectivity index (χ4v) is 10.2. The topological polar surface area (TPSA) is 34.9 Å². The molecule has 0 saturated carbocycles. The molecule has 0 bridgehead atoms. The Labute approximate surface area is 362 Å². The third-order valence-electron chi connectivity index (χ3n) is 12.9. The summed E-state index contributed by atoms with van der Waals surface area (Å²) in [7, 11) is 0. The molecule has 2 aliphatic carbocycles. The highest BCUT2D eigenvalue weighted by atomic mass is 16.1. The van der Waals surface area contributed by atoms with Crippen LogP contribution in [0.4, 0.5) is 0 Å². The molecule has 2 aliphatic rings. The molecular weight excluding hydrogens is 753 g/mol. The summed E-state index contributed by atoms with van der Waals surface area (Å²) in [5, 5.41) is 2.18. The molecule has 0 N–H and O–H groups in total. The molecule has 0 unspecified atom stereocenters. The van der Waals surface area contributed by atoms with E-state index in [-0.39, 0.29) is 5.78 Å². The highest BCUT2D eigenvalue weighted by Crippen LogP contribution is 2.54. The van der Waals surface area contributed by atoms with Gasteiger partial charge in [0.05, 0.1) is 33.5 Å². The number of nitrogens with zero attached hydrogens (tertiary/aromatic N) is 2. The van der Waals surface area contributed by atoms with Crippen LogP contribution < -0.4 is 0 Å². The minimum atomic E-state index is -0.708. The van der Waals surface area contributed by atoms with Crippen LogP contribution in [0.3, 0.4) is 0 Å². The molecule has 0 amide bonds. The van der Waals surface area contributed by atoms with E-state index >= 15 is 0 Å². The molecule has 3 heteroatoms. The van der Waals surface area contributed by atoms with Gasteiger partial charge >= 0.3 is 0 Å². The lowest BCUT2D eigenvalue weighted by Crippen LogP contribution is -2.33. The summed E-state index contributed by atoms with van der Waals surface area (Å²) in [6, 6.07) is 75.3. The van der Waals surface area contributed by atoms with Gasteiger partial charge in [0, 0.05) is 33.9 Å². The summed E-state index contributed by atoms with van der Waals surface area (Å²) in [5.41, 5.74) is 17.0. The third-order valence-corrected chi connectivity index (χ3v) is 12.9. The number of aryl methyl sites for hydroxylation is 3. The zero-order chi connectivity index (χ0) is 41.6. The second kappa shape index (κ2) is 15.4. The van der Waals surface area contributed by atoms with Gasteiger partial charge in [0.1, 0.15) is 0 Å². The van der Waals surface area contributed by atoms with E-state index in [2.05, 4.69) is 193 Å². The first-order valence-electron chi connectivity index (χ1n) is 21.6. The molecule has 8 aromatic carbocycles. The van der Waals surface area contributed by atoms with E-state index in [0.717, 1.165) is 79.5 Å². The second-order valence-corrected chi connectivity index (χ2v) is 16.6. The first-order chi connectivity index (χ1) is 30.6. The van der Waals surface area contributed by atoms with Crippen molar-refractivity contribution in [2.24, 2.45) is 0 Å². The lowest BCUT2D eigenvalue weighted by molar-refractivity contribution is 0.0993. The summed E-state index contributed by atoms with van der Waals surface area (Å²) in [5.74, 6) is 0.152. The van der Waals surface area contributed by atoms with Gasteiger partial charge in [0.25, 0.3) is 0 Å². The van der Waals surface area contributed by atoms with Crippen molar-refractivity contribution in [2.75, 3.05) is 0 Å². The Hall–Kier alpha value is -7.62. The Bertz CT molecular complexity index is 3190. The van der Waals surface area contributed by atoms with Crippen molar-refractivity contribution >= 4 is 27.6 Å². The SMILES string of the molecule is Cc1ccccc1.O=C1Cc2ccccc2C2(c3ccccc3CCc3ccccc32)c2cc3c(cc21)c1ccccc1n3-c1cc(-c2ccccc2)nc(-c2ccccc2)c1. The Kier molecular flexibility index (Phi) is 9.31. The van der Waals surface area contributed by atoms with E-state index in [1.165, 1.54) is 33.4 Å². The van der Waals surface area contributed by atoms with Gasteiger partial charge in [-0.15, -0.1) is 0 Å². The van der Waals surface area contributed by atoms with Crippen LogP contribution in [0.2, 0.25) is 0 Å². The molecule has 2 heterocycles. The molecule has 62 heavy (non-hydrogen) atoms. The quantitative estimate of drug-likeness (QED) is 0.178. The molecule has 10 aromatic rings. The summed E-state index contributed by atoms with van der Waals surface area (Å²) in [6.07, 6.45) is 2.22.